The zero-order valence-corrected chi connectivity index (χ0v) is 13.7. The summed E-state index contributed by atoms with van der Waals surface area (Å²) in [5.41, 5.74) is 12.0. The second kappa shape index (κ2) is 6.85. The number of nitrogens with one attached hydrogen (secondary N) is 2. The molecular weight excluding hydrogens is 320 g/mol. The van der Waals surface area contributed by atoms with Crippen LogP contribution < -0.4 is 11.2 Å². The van der Waals surface area contributed by atoms with Gasteiger partial charge in [0.05, 0.1) is 16.4 Å². The largest absolute Gasteiger partial charge is 0.369 e. The monoisotopic (exact) mass is 336 g/mol. The van der Waals surface area contributed by atoms with E-state index in [9.17, 15) is 0 Å². The molecule has 1 unspecified atom stereocenters. The first-order valence-corrected chi connectivity index (χ1v) is 7.54. The van der Waals surface area contributed by atoms with Gasteiger partial charge in [-0.25, -0.2) is 10.4 Å². The number of hydrazone groups is 1. The quantitative estimate of drug-likeness (QED) is 0.444. The molecule has 1 aliphatic carbocycles. The van der Waals surface area contributed by atoms with Crippen molar-refractivity contribution < 1.29 is 0 Å². The number of pyridine rings is 1. The van der Waals surface area contributed by atoms with Gasteiger partial charge in [0.15, 0.2) is 0 Å². The highest BCUT2D eigenvalue weighted by Gasteiger charge is 2.28. The maximum atomic E-state index is 7.27. The molecule has 2 heterocycles. The van der Waals surface area contributed by atoms with E-state index in [0.29, 0.717) is 0 Å². The Morgan fingerprint density at radius 1 is 1.41 bits per heavy atom. The van der Waals surface area contributed by atoms with Gasteiger partial charge in [-0.3, -0.25) is 10.4 Å². The molecule has 22 heavy (non-hydrogen) atoms. The molecular formula is C14H17ClN6S. The van der Waals surface area contributed by atoms with Gasteiger partial charge in [0.25, 0.3) is 0 Å². The number of rotatable bonds is 2. The van der Waals surface area contributed by atoms with Gasteiger partial charge in [-0.05, 0) is 25.0 Å². The van der Waals surface area contributed by atoms with Crippen LogP contribution in [0, 0.1) is 12.3 Å². The van der Waals surface area contributed by atoms with E-state index in [1.165, 1.54) is 0 Å². The second-order valence-corrected chi connectivity index (χ2v) is 5.94. The molecule has 0 saturated carbocycles. The van der Waals surface area contributed by atoms with Gasteiger partial charge in [0.1, 0.15) is 0 Å². The number of aromatic nitrogens is 2. The third kappa shape index (κ3) is 3.26. The average Bonchev–Trinajstić information content (AvgIpc) is 2.98. The van der Waals surface area contributed by atoms with Crippen molar-refractivity contribution in [3.63, 3.8) is 0 Å². The maximum Gasteiger partial charge on any atom is 0.206 e. The lowest BCUT2D eigenvalue weighted by Crippen LogP contribution is -2.29. The number of fused-ring (bicyclic) bond motifs is 1. The summed E-state index contributed by atoms with van der Waals surface area (Å²) < 4.78 is 0. The van der Waals surface area contributed by atoms with Gasteiger partial charge >= 0.3 is 0 Å². The third-order valence-corrected chi connectivity index (χ3v) is 4.46. The fourth-order valence-electron chi connectivity index (χ4n) is 2.64. The summed E-state index contributed by atoms with van der Waals surface area (Å²) in [6.45, 7) is 2.05. The zero-order chi connectivity index (χ0) is 14.8. The van der Waals surface area contributed by atoms with Crippen LogP contribution in [0.25, 0.3) is 0 Å². The van der Waals surface area contributed by atoms with E-state index >= 15 is 0 Å². The Bertz CT molecular complexity index is 697. The molecule has 2 aromatic rings. The van der Waals surface area contributed by atoms with Gasteiger partial charge in [-0.2, -0.15) is 5.10 Å². The molecule has 0 saturated heterocycles. The van der Waals surface area contributed by atoms with Crippen LogP contribution in [0.5, 0.6) is 0 Å². The first kappa shape index (κ1) is 16.4. The molecule has 0 bridgehead atoms. The van der Waals surface area contributed by atoms with Gasteiger partial charge in [-0.15, -0.1) is 23.7 Å². The normalized spacial score (nSPS) is 18.4. The number of guanidine groups is 1. The fourth-order valence-corrected chi connectivity index (χ4v) is 3.39. The minimum absolute atomic E-state index is 0. The van der Waals surface area contributed by atoms with Gasteiger partial charge in [0.2, 0.25) is 5.96 Å². The SMILES string of the molecule is Cc1ccnc2c1/C(=N\NC(=N)N)CC(c1nccs1)C2.Cl. The Hall–Kier alpha value is -1.99. The molecule has 2 aromatic heterocycles. The molecule has 6 nitrogen and oxygen atoms in total. The first-order chi connectivity index (χ1) is 10.1. The Balaban J connectivity index is 0.00000176. The molecule has 0 aliphatic heterocycles. The standard InChI is InChI=1S/C14H16N6S.ClH/c1-8-2-3-17-10-6-9(13-18-4-5-21-13)7-11(12(8)10)19-20-14(15)16;/h2-5,9H,6-7H2,1H3,(H4,15,16,20);1H/b19-11-;. The molecule has 0 amide bonds. The summed E-state index contributed by atoms with van der Waals surface area (Å²) in [7, 11) is 0. The molecule has 4 N–H and O–H groups in total. The van der Waals surface area contributed by atoms with Crippen LogP contribution in [0.4, 0.5) is 0 Å². The lowest BCUT2D eigenvalue weighted by atomic mass is 9.84. The highest BCUT2D eigenvalue weighted by Crippen LogP contribution is 2.34. The summed E-state index contributed by atoms with van der Waals surface area (Å²) in [6, 6.07) is 1.98. The minimum atomic E-state index is -0.165. The summed E-state index contributed by atoms with van der Waals surface area (Å²) in [6.07, 6.45) is 5.29. The molecule has 0 aromatic carbocycles. The van der Waals surface area contributed by atoms with Crippen LogP contribution >= 0.6 is 23.7 Å². The second-order valence-electron chi connectivity index (χ2n) is 5.01. The van der Waals surface area contributed by atoms with Crippen molar-refractivity contribution in [2.24, 2.45) is 10.8 Å². The summed E-state index contributed by atoms with van der Waals surface area (Å²) in [5.74, 6) is 0.112. The predicted octanol–water partition coefficient (Wildman–Crippen LogP) is 2.19. The van der Waals surface area contributed by atoms with Crippen molar-refractivity contribution in [3.8, 4) is 0 Å². The van der Waals surface area contributed by atoms with Crippen LogP contribution in [-0.2, 0) is 6.42 Å². The number of halogens is 1. The zero-order valence-electron chi connectivity index (χ0n) is 12.0. The van der Waals surface area contributed by atoms with E-state index in [1.54, 1.807) is 11.3 Å². The van der Waals surface area contributed by atoms with Crippen LogP contribution in [0.3, 0.4) is 0 Å². The summed E-state index contributed by atoms with van der Waals surface area (Å²) in [5, 5.41) is 14.7. The number of hydrogen-bond acceptors (Lipinski definition) is 5. The van der Waals surface area contributed by atoms with E-state index in [4.69, 9.17) is 11.1 Å². The molecule has 1 aliphatic rings. The van der Waals surface area contributed by atoms with Crippen molar-refractivity contribution in [1.29, 1.82) is 5.41 Å². The smallest absolute Gasteiger partial charge is 0.206 e. The van der Waals surface area contributed by atoms with E-state index in [0.717, 1.165) is 40.4 Å². The summed E-state index contributed by atoms with van der Waals surface area (Å²) >= 11 is 1.65. The lowest BCUT2D eigenvalue weighted by Gasteiger charge is -2.25. The number of hydrogen-bond donors (Lipinski definition) is 3. The van der Waals surface area contributed by atoms with Crippen molar-refractivity contribution in [2.75, 3.05) is 0 Å². The summed E-state index contributed by atoms with van der Waals surface area (Å²) in [4.78, 5) is 8.91. The molecule has 8 heteroatoms. The Morgan fingerprint density at radius 3 is 2.91 bits per heavy atom. The Morgan fingerprint density at radius 2 is 2.23 bits per heavy atom. The van der Waals surface area contributed by atoms with Gasteiger partial charge < -0.3 is 5.73 Å². The van der Waals surface area contributed by atoms with Gasteiger partial charge in [-0.1, -0.05) is 0 Å². The fraction of sp³-hybridized carbons (Fsp3) is 0.286. The minimum Gasteiger partial charge on any atom is -0.369 e. The van der Waals surface area contributed by atoms with Crippen LogP contribution in [0.2, 0.25) is 0 Å². The van der Waals surface area contributed by atoms with E-state index in [2.05, 4.69) is 20.5 Å². The van der Waals surface area contributed by atoms with E-state index in [-0.39, 0.29) is 24.3 Å². The van der Waals surface area contributed by atoms with Crippen LogP contribution in [0.1, 0.15) is 34.2 Å². The Labute approximate surface area is 138 Å². The highest BCUT2D eigenvalue weighted by atomic mass is 35.5. The average molecular weight is 337 g/mol. The van der Waals surface area contributed by atoms with Crippen molar-refractivity contribution in [2.45, 2.75) is 25.7 Å². The van der Waals surface area contributed by atoms with E-state index in [1.807, 2.05) is 30.8 Å². The molecule has 0 spiro atoms. The number of thiazole rings is 1. The number of aryl methyl sites for hydroxylation is 1. The predicted molar refractivity (Wildman–Crippen MR) is 91.0 cm³/mol. The number of nitrogens with zero attached hydrogens (tertiary/aromatic N) is 3. The van der Waals surface area contributed by atoms with E-state index < -0.39 is 0 Å². The van der Waals surface area contributed by atoms with Gasteiger partial charge in [0, 0.05) is 35.7 Å². The maximum absolute atomic E-state index is 7.27. The molecule has 3 rings (SSSR count). The van der Waals surface area contributed by atoms with Crippen molar-refractivity contribution in [3.05, 3.63) is 45.7 Å². The Kier molecular flexibility index (Phi) is 5.10. The van der Waals surface area contributed by atoms with Crippen molar-refractivity contribution >= 4 is 35.4 Å². The third-order valence-electron chi connectivity index (χ3n) is 3.52. The van der Waals surface area contributed by atoms with Crippen molar-refractivity contribution in [1.82, 2.24) is 15.4 Å². The van der Waals surface area contributed by atoms with Crippen LogP contribution in [0.15, 0.2) is 28.9 Å². The highest BCUT2D eigenvalue weighted by molar-refractivity contribution is 7.09. The molecule has 116 valence electrons. The topological polar surface area (TPSA) is 100 Å². The van der Waals surface area contributed by atoms with Crippen LogP contribution in [-0.4, -0.2) is 21.6 Å². The first-order valence-electron chi connectivity index (χ1n) is 6.66. The lowest BCUT2D eigenvalue weighted by molar-refractivity contribution is 0.670. The molecule has 0 fully saturated rings. The number of nitrogens with two attached hydrogens (primary N) is 1. The molecule has 1 atom stereocenters. The molecule has 0 radical (unpaired) electrons.